The van der Waals surface area contributed by atoms with Crippen molar-refractivity contribution in [2.75, 3.05) is 38.6 Å². The molecule has 10 nitrogen and oxygen atoms in total. The number of ether oxygens (including phenoxy) is 1. The lowest BCUT2D eigenvalue weighted by Crippen LogP contribution is -2.36. The Labute approximate surface area is 197 Å². The topological polar surface area (TPSA) is 123 Å². The van der Waals surface area contributed by atoms with Gasteiger partial charge >= 0.3 is 5.69 Å². The van der Waals surface area contributed by atoms with Gasteiger partial charge in [-0.05, 0) is 31.8 Å². The summed E-state index contributed by atoms with van der Waals surface area (Å²) < 4.78 is 20.4. The van der Waals surface area contributed by atoms with Crippen molar-refractivity contribution in [3.63, 3.8) is 0 Å². The second-order valence-corrected chi connectivity index (χ2v) is 8.01. The molecule has 0 fully saturated rings. The molecule has 1 amide bonds. The molecule has 0 saturated heterocycles. The van der Waals surface area contributed by atoms with Gasteiger partial charge in [-0.25, -0.2) is 14.4 Å². The summed E-state index contributed by atoms with van der Waals surface area (Å²) in [5.74, 6) is -0.465. The number of rotatable bonds is 10. The Kier molecular flexibility index (Phi) is 8.06. The maximum absolute atomic E-state index is 14.2. The SMILES string of the molecule is CCN(C)CC(=O)NCCOc1cc2ncnc(Nc3ccc(Br)cc3F)c2cc1[N+](=O)[O-]. The first-order chi connectivity index (χ1) is 15.8. The molecule has 174 valence electrons. The number of nitro groups is 1. The van der Waals surface area contributed by atoms with Gasteiger partial charge in [-0.15, -0.1) is 0 Å². The summed E-state index contributed by atoms with van der Waals surface area (Å²) in [6, 6.07) is 7.16. The number of anilines is 2. The first-order valence-corrected chi connectivity index (χ1v) is 10.8. The second-order valence-electron chi connectivity index (χ2n) is 7.09. The number of benzene rings is 2. The van der Waals surface area contributed by atoms with Crippen molar-refractivity contribution in [2.45, 2.75) is 6.92 Å². The van der Waals surface area contributed by atoms with Crippen LogP contribution in [0.25, 0.3) is 10.9 Å². The molecule has 0 bridgehead atoms. The van der Waals surface area contributed by atoms with Gasteiger partial charge in [-0.2, -0.15) is 0 Å². The molecule has 0 aliphatic carbocycles. The molecule has 1 heterocycles. The monoisotopic (exact) mass is 520 g/mol. The lowest BCUT2D eigenvalue weighted by atomic mass is 10.2. The van der Waals surface area contributed by atoms with Crippen LogP contribution in [0.4, 0.5) is 21.6 Å². The minimum absolute atomic E-state index is 0.00639. The summed E-state index contributed by atoms with van der Waals surface area (Å²) in [4.78, 5) is 33.0. The average Bonchev–Trinajstić information content (AvgIpc) is 2.78. The van der Waals surface area contributed by atoms with E-state index in [-0.39, 0.29) is 48.5 Å². The van der Waals surface area contributed by atoms with E-state index in [2.05, 4.69) is 36.5 Å². The number of hydrogen-bond acceptors (Lipinski definition) is 8. The number of nitro benzene ring substituents is 1. The molecule has 12 heteroatoms. The van der Waals surface area contributed by atoms with Crippen molar-refractivity contribution in [1.29, 1.82) is 0 Å². The highest BCUT2D eigenvalue weighted by Crippen LogP contribution is 2.35. The molecule has 33 heavy (non-hydrogen) atoms. The van der Waals surface area contributed by atoms with Crippen LogP contribution in [-0.2, 0) is 4.79 Å². The van der Waals surface area contributed by atoms with Crippen LogP contribution in [0, 0.1) is 15.9 Å². The zero-order valence-corrected chi connectivity index (χ0v) is 19.6. The molecule has 2 N–H and O–H groups in total. The molecule has 0 unspecified atom stereocenters. The number of amides is 1. The zero-order valence-electron chi connectivity index (χ0n) is 18.0. The van der Waals surface area contributed by atoms with Gasteiger partial charge in [0.1, 0.15) is 24.6 Å². The molecule has 2 aromatic carbocycles. The summed E-state index contributed by atoms with van der Waals surface area (Å²) in [6.07, 6.45) is 1.27. The highest BCUT2D eigenvalue weighted by atomic mass is 79.9. The van der Waals surface area contributed by atoms with Gasteiger partial charge in [-0.3, -0.25) is 19.8 Å². The number of aromatic nitrogens is 2. The first-order valence-electron chi connectivity index (χ1n) is 10.0. The quantitative estimate of drug-likeness (QED) is 0.236. The molecule has 0 saturated carbocycles. The van der Waals surface area contributed by atoms with Gasteiger partial charge in [0.2, 0.25) is 5.91 Å². The van der Waals surface area contributed by atoms with Crippen molar-refractivity contribution in [3.05, 3.63) is 57.1 Å². The van der Waals surface area contributed by atoms with Gasteiger partial charge in [-0.1, -0.05) is 22.9 Å². The highest BCUT2D eigenvalue weighted by Gasteiger charge is 2.20. The third-order valence-corrected chi connectivity index (χ3v) is 5.23. The first kappa shape index (κ1) is 24.3. The number of carbonyl (C=O) groups excluding carboxylic acids is 1. The maximum Gasteiger partial charge on any atom is 0.311 e. The van der Waals surface area contributed by atoms with E-state index in [1.54, 1.807) is 6.07 Å². The average molecular weight is 521 g/mol. The molecule has 0 spiro atoms. The lowest BCUT2D eigenvalue weighted by molar-refractivity contribution is -0.385. The Balaban J connectivity index is 1.79. The molecule has 1 aromatic heterocycles. The van der Waals surface area contributed by atoms with Gasteiger partial charge < -0.3 is 15.4 Å². The van der Waals surface area contributed by atoms with Gasteiger partial charge in [0.15, 0.2) is 5.75 Å². The van der Waals surface area contributed by atoms with Crippen molar-refractivity contribution >= 4 is 49.9 Å². The summed E-state index contributed by atoms with van der Waals surface area (Å²) in [5, 5.41) is 17.5. The van der Waals surface area contributed by atoms with Crippen LogP contribution < -0.4 is 15.4 Å². The Hall–Kier alpha value is -3.38. The largest absolute Gasteiger partial charge is 0.485 e. The van der Waals surface area contributed by atoms with E-state index in [0.717, 1.165) is 6.54 Å². The van der Waals surface area contributed by atoms with E-state index in [9.17, 15) is 19.3 Å². The van der Waals surface area contributed by atoms with E-state index < -0.39 is 10.7 Å². The van der Waals surface area contributed by atoms with Crippen molar-refractivity contribution < 1.29 is 18.8 Å². The van der Waals surface area contributed by atoms with Gasteiger partial charge in [0, 0.05) is 16.6 Å². The lowest BCUT2D eigenvalue weighted by Gasteiger charge is -2.14. The molecule has 3 aromatic rings. The van der Waals surface area contributed by atoms with Crippen LogP contribution in [0.5, 0.6) is 5.75 Å². The molecule has 0 aliphatic heterocycles. The number of nitrogens with zero attached hydrogens (tertiary/aromatic N) is 4. The van der Waals surface area contributed by atoms with Gasteiger partial charge in [0.05, 0.1) is 34.6 Å². The number of likely N-dealkylation sites (N-methyl/N-ethyl adjacent to an activating group) is 1. The van der Waals surface area contributed by atoms with Crippen LogP contribution in [0.2, 0.25) is 0 Å². The summed E-state index contributed by atoms with van der Waals surface area (Å²) in [5.41, 5.74) is 0.235. The third kappa shape index (κ3) is 6.33. The molecule has 3 rings (SSSR count). The number of nitrogens with one attached hydrogen (secondary N) is 2. The highest BCUT2D eigenvalue weighted by molar-refractivity contribution is 9.10. The van der Waals surface area contributed by atoms with Crippen LogP contribution in [0.15, 0.2) is 41.1 Å². The van der Waals surface area contributed by atoms with E-state index in [0.29, 0.717) is 15.4 Å². The predicted octanol–water partition coefficient (Wildman–Crippen LogP) is 3.63. The summed E-state index contributed by atoms with van der Waals surface area (Å²) >= 11 is 3.19. The minimum atomic E-state index is -0.583. The fraction of sp³-hybridized carbons (Fsp3) is 0.286. The van der Waals surface area contributed by atoms with E-state index in [1.807, 2.05) is 18.9 Å². The van der Waals surface area contributed by atoms with Crippen LogP contribution in [-0.4, -0.2) is 59.0 Å². The maximum atomic E-state index is 14.2. The standard InChI is InChI=1S/C21H22BrFN6O4/c1-3-28(2)11-20(30)24-6-7-33-19-10-17-14(9-18(19)29(31)32)21(26-12-25-17)27-16-5-4-13(22)8-15(16)23/h4-5,8-10,12H,3,6-7,11H2,1-2H3,(H,24,30)(H,25,26,27). The number of halogens is 2. The smallest absolute Gasteiger partial charge is 0.311 e. The summed E-state index contributed by atoms with van der Waals surface area (Å²) in [7, 11) is 1.82. The Morgan fingerprint density at radius 1 is 1.30 bits per heavy atom. The Morgan fingerprint density at radius 3 is 2.79 bits per heavy atom. The summed E-state index contributed by atoms with van der Waals surface area (Å²) in [6.45, 7) is 3.15. The van der Waals surface area contributed by atoms with Crippen LogP contribution in [0.1, 0.15) is 6.92 Å². The predicted molar refractivity (Wildman–Crippen MR) is 125 cm³/mol. The fourth-order valence-electron chi connectivity index (χ4n) is 2.91. The van der Waals surface area contributed by atoms with Crippen LogP contribution in [0.3, 0.4) is 0 Å². The number of hydrogen-bond donors (Lipinski definition) is 2. The second kappa shape index (κ2) is 11.0. The molecule has 0 aliphatic rings. The van der Waals surface area contributed by atoms with E-state index >= 15 is 0 Å². The minimum Gasteiger partial charge on any atom is -0.485 e. The molecule has 0 atom stereocenters. The molecular weight excluding hydrogens is 499 g/mol. The van der Waals surface area contributed by atoms with E-state index in [4.69, 9.17) is 4.74 Å². The van der Waals surface area contributed by atoms with Crippen molar-refractivity contribution in [3.8, 4) is 5.75 Å². The van der Waals surface area contributed by atoms with Crippen LogP contribution >= 0.6 is 15.9 Å². The molecule has 0 radical (unpaired) electrons. The Bertz CT molecular complexity index is 1180. The van der Waals surface area contributed by atoms with E-state index in [1.165, 1.54) is 30.6 Å². The normalized spacial score (nSPS) is 10.9. The third-order valence-electron chi connectivity index (χ3n) is 4.73. The number of fused-ring (bicyclic) bond motifs is 1. The van der Waals surface area contributed by atoms with Crippen molar-refractivity contribution in [1.82, 2.24) is 20.2 Å². The van der Waals surface area contributed by atoms with Gasteiger partial charge in [0.25, 0.3) is 0 Å². The Morgan fingerprint density at radius 2 is 2.09 bits per heavy atom. The molecular formula is C21H22BrFN6O4. The zero-order chi connectivity index (χ0) is 24.0. The number of carbonyl (C=O) groups is 1. The fourth-order valence-corrected chi connectivity index (χ4v) is 3.25. The van der Waals surface area contributed by atoms with Crippen molar-refractivity contribution in [2.24, 2.45) is 0 Å².